The third-order valence-electron chi connectivity index (χ3n) is 3.50. The lowest BCUT2D eigenvalue weighted by molar-refractivity contribution is 0.474. The number of pyridine rings is 2. The Hall–Kier alpha value is -3.23. The van der Waals surface area contributed by atoms with Crippen LogP contribution >= 0.6 is 11.6 Å². The molecule has 0 fully saturated rings. The number of nitrogens with zero attached hydrogens (tertiary/aromatic N) is 4. The number of aromatic hydroxyl groups is 1. The predicted octanol–water partition coefficient (Wildman–Crippen LogP) is 4.46. The van der Waals surface area contributed by atoms with E-state index in [2.05, 4.69) is 15.0 Å². The van der Waals surface area contributed by atoms with Crippen molar-refractivity contribution in [2.75, 3.05) is 0 Å². The van der Waals surface area contributed by atoms with E-state index in [1.807, 2.05) is 19.1 Å². The summed E-state index contributed by atoms with van der Waals surface area (Å²) < 4.78 is 0. The molecule has 3 rings (SSSR count). The summed E-state index contributed by atoms with van der Waals surface area (Å²) in [5.74, 6) is -0.101. The van der Waals surface area contributed by atoms with Gasteiger partial charge >= 0.3 is 0 Å². The monoisotopic (exact) mass is 348 g/mol. The van der Waals surface area contributed by atoms with Gasteiger partial charge in [-0.05, 0) is 43.3 Å². The zero-order valence-corrected chi connectivity index (χ0v) is 14.1. The maximum absolute atomic E-state index is 10.6. The molecule has 0 spiro atoms. The molecule has 122 valence electrons. The summed E-state index contributed by atoms with van der Waals surface area (Å²) in [6.45, 7) is 1.85. The Bertz CT molecular complexity index is 1010. The lowest BCUT2D eigenvalue weighted by Crippen LogP contribution is -2.00. The third kappa shape index (κ3) is 3.65. The SMILES string of the molecule is Cc1cc(-c2nccc(/C(C#N)=N/c3cccc(Cl)c3)c2O)ccn1. The summed E-state index contributed by atoms with van der Waals surface area (Å²) in [6.07, 6.45) is 3.18. The molecule has 0 bridgehead atoms. The van der Waals surface area contributed by atoms with E-state index in [0.717, 1.165) is 5.69 Å². The molecule has 0 saturated carbocycles. The minimum atomic E-state index is -0.101. The molecule has 0 unspecified atom stereocenters. The van der Waals surface area contributed by atoms with Crippen LogP contribution in [0.15, 0.2) is 59.9 Å². The molecule has 0 aliphatic carbocycles. The van der Waals surface area contributed by atoms with Crippen molar-refractivity contribution in [3.05, 3.63) is 71.1 Å². The van der Waals surface area contributed by atoms with Gasteiger partial charge in [-0.15, -0.1) is 0 Å². The molecule has 1 N–H and O–H groups in total. The zero-order valence-electron chi connectivity index (χ0n) is 13.3. The lowest BCUT2D eigenvalue weighted by Gasteiger charge is -2.08. The summed E-state index contributed by atoms with van der Waals surface area (Å²) >= 11 is 5.95. The van der Waals surface area contributed by atoms with Crippen LogP contribution in [0.1, 0.15) is 11.3 Å². The minimum absolute atomic E-state index is 0.0780. The molecule has 0 radical (unpaired) electrons. The molecule has 2 aromatic heterocycles. The minimum Gasteiger partial charge on any atom is -0.505 e. The molecule has 6 heteroatoms. The van der Waals surface area contributed by atoms with Crippen LogP contribution in [0.2, 0.25) is 5.02 Å². The van der Waals surface area contributed by atoms with Gasteiger partial charge in [0.15, 0.2) is 11.5 Å². The standard InChI is InChI=1S/C19H13ClN4O/c1-12-9-13(5-7-22-12)18-19(25)16(6-8-23-18)17(11-21)24-15-4-2-3-14(20)10-15/h2-10,25H,1H3/b24-17+. The molecule has 25 heavy (non-hydrogen) atoms. The van der Waals surface area contributed by atoms with Gasteiger partial charge in [-0.25, -0.2) is 4.99 Å². The van der Waals surface area contributed by atoms with Crippen molar-refractivity contribution >= 4 is 23.0 Å². The fourth-order valence-electron chi connectivity index (χ4n) is 2.37. The number of aryl methyl sites for hydroxylation is 1. The van der Waals surface area contributed by atoms with E-state index in [4.69, 9.17) is 11.6 Å². The first-order valence-electron chi connectivity index (χ1n) is 7.44. The van der Waals surface area contributed by atoms with E-state index < -0.39 is 0 Å². The van der Waals surface area contributed by atoms with Crippen molar-refractivity contribution in [3.63, 3.8) is 0 Å². The molecule has 0 saturated heterocycles. The summed E-state index contributed by atoms with van der Waals surface area (Å²) in [4.78, 5) is 12.7. The maximum atomic E-state index is 10.6. The summed E-state index contributed by atoms with van der Waals surface area (Å²) in [7, 11) is 0. The largest absolute Gasteiger partial charge is 0.505 e. The highest BCUT2D eigenvalue weighted by molar-refractivity contribution is 6.30. The van der Waals surface area contributed by atoms with Crippen molar-refractivity contribution in [3.8, 4) is 23.1 Å². The Labute approximate surface area is 149 Å². The van der Waals surface area contributed by atoms with Crippen LogP contribution in [0.3, 0.4) is 0 Å². The first-order valence-corrected chi connectivity index (χ1v) is 7.82. The van der Waals surface area contributed by atoms with Crippen molar-refractivity contribution in [2.45, 2.75) is 6.92 Å². The Balaban J connectivity index is 2.11. The second-order valence-corrected chi connectivity index (χ2v) is 5.73. The van der Waals surface area contributed by atoms with Crippen LogP contribution in [-0.2, 0) is 0 Å². The molecule has 0 amide bonds. The van der Waals surface area contributed by atoms with Gasteiger partial charge < -0.3 is 5.11 Å². The van der Waals surface area contributed by atoms with Crippen LogP contribution in [0.4, 0.5) is 5.69 Å². The fraction of sp³-hybridized carbons (Fsp3) is 0.0526. The molecule has 0 aliphatic heterocycles. The van der Waals surface area contributed by atoms with Gasteiger partial charge in [0.1, 0.15) is 11.8 Å². The normalized spacial score (nSPS) is 11.2. The van der Waals surface area contributed by atoms with Gasteiger partial charge in [-0.2, -0.15) is 5.26 Å². The van der Waals surface area contributed by atoms with Crippen LogP contribution in [0, 0.1) is 18.3 Å². The number of halogens is 1. The van der Waals surface area contributed by atoms with Crippen LogP contribution < -0.4 is 0 Å². The van der Waals surface area contributed by atoms with Gasteiger partial charge in [0, 0.05) is 28.7 Å². The molecular weight excluding hydrogens is 336 g/mol. The lowest BCUT2D eigenvalue weighted by atomic mass is 10.1. The predicted molar refractivity (Wildman–Crippen MR) is 97.1 cm³/mol. The molecule has 0 aliphatic rings. The highest BCUT2D eigenvalue weighted by Crippen LogP contribution is 2.31. The highest BCUT2D eigenvalue weighted by atomic mass is 35.5. The van der Waals surface area contributed by atoms with E-state index in [9.17, 15) is 10.4 Å². The van der Waals surface area contributed by atoms with Crippen molar-refractivity contribution in [1.82, 2.24) is 9.97 Å². The van der Waals surface area contributed by atoms with E-state index in [-0.39, 0.29) is 11.5 Å². The first-order chi connectivity index (χ1) is 12.1. The molecule has 0 atom stereocenters. The van der Waals surface area contributed by atoms with Crippen LogP contribution in [-0.4, -0.2) is 20.8 Å². The number of nitriles is 1. The number of hydrogen-bond acceptors (Lipinski definition) is 5. The average molecular weight is 349 g/mol. The van der Waals surface area contributed by atoms with E-state index in [1.165, 1.54) is 6.20 Å². The van der Waals surface area contributed by atoms with Gasteiger partial charge in [0.2, 0.25) is 0 Å². The number of rotatable bonds is 3. The fourth-order valence-corrected chi connectivity index (χ4v) is 2.55. The smallest absolute Gasteiger partial charge is 0.152 e. The molecular formula is C19H13ClN4O. The second kappa shape index (κ2) is 7.12. The molecule has 5 nitrogen and oxygen atoms in total. The van der Waals surface area contributed by atoms with Gasteiger partial charge in [-0.1, -0.05) is 17.7 Å². The first kappa shape index (κ1) is 16.6. The maximum Gasteiger partial charge on any atom is 0.152 e. The Morgan fingerprint density at radius 1 is 1.16 bits per heavy atom. The van der Waals surface area contributed by atoms with Gasteiger partial charge in [0.25, 0.3) is 0 Å². The number of hydrogen-bond donors (Lipinski definition) is 1. The van der Waals surface area contributed by atoms with E-state index in [0.29, 0.717) is 27.5 Å². The summed E-state index contributed by atoms with van der Waals surface area (Å²) in [6, 6.07) is 14.0. The second-order valence-electron chi connectivity index (χ2n) is 5.29. The number of aromatic nitrogens is 2. The van der Waals surface area contributed by atoms with Crippen molar-refractivity contribution in [2.24, 2.45) is 4.99 Å². The van der Waals surface area contributed by atoms with Crippen LogP contribution in [0.5, 0.6) is 5.75 Å². The zero-order chi connectivity index (χ0) is 17.8. The topological polar surface area (TPSA) is 82.2 Å². The van der Waals surface area contributed by atoms with Crippen molar-refractivity contribution < 1.29 is 5.11 Å². The summed E-state index contributed by atoms with van der Waals surface area (Å²) in [5.41, 5.74) is 2.80. The quantitative estimate of drug-likeness (QED) is 0.708. The molecule has 3 aromatic rings. The van der Waals surface area contributed by atoms with Gasteiger partial charge in [0.05, 0.1) is 11.3 Å². The molecule has 2 heterocycles. The van der Waals surface area contributed by atoms with Crippen molar-refractivity contribution in [1.29, 1.82) is 5.26 Å². The van der Waals surface area contributed by atoms with E-state index >= 15 is 0 Å². The Morgan fingerprint density at radius 2 is 1.96 bits per heavy atom. The average Bonchev–Trinajstić information content (AvgIpc) is 2.60. The number of benzene rings is 1. The Morgan fingerprint density at radius 3 is 2.68 bits per heavy atom. The molecule has 1 aromatic carbocycles. The van der Waals surface area contributed by atoms with Crippen LogP contribution in [0.25, 0.3) is 11.3 Å². The van der Waals surface area contributed by atoms with E-state index in [1.54, 1.807) is 42.6 Å². The summed E-state index contributed by atoms with van der Waals surface area (Å²) in [5, 5.41) is 20.6. The number of aliphatic imine (C=N–C) groups is 1. The Kier molecular flexibility index (Phi) is 4.73. The highest BCUT2D eigenvalue weighted by Gasteiger charge is 2.15. The van der Waals surface area contributed by atoms with Gasteiger partial charge in [-0.3, -0.25) is 9.97 Å². The third-order valence-corrected chi connectivity index (χ3v) is 3.74.